The highest BCUT2D eigenvalue weighted by atomic mass is 14.9. The molecule has 1 aliphatic carbocycles. The second kappa shape index (κ2) is 9.89. The summed E-state index contributed by atoms with van der Waals surface area (Å²) in [6.45, 7) is 4.70. The zero-order valence-corrected chi connectivity index (χ0v) is 24.3. The minimum absolute atomic E-state index is 0.0792. The normalized spacial score (nSPS) is 13.1. The summed E-state index contributed by atoms with van der Waals surface area (Å²) >= 11 is 0. The highest BCUT2D eigenvalue weighted by Gasteiger charge is 2.37. The number of rotatable bonds is 4. The fourth-order valence-corrected chi connectivity index (χ4v) is 6.63. The molecule has 0 aliphatic heterocycles. The van der Waals surface area contributed by atoms with Crippen LogP contribution in [0.25, 0.3) is 66.9 Å². The first kappa shape index (κ1) is 25.4. The molecule has 0 amide bonds. The van der Waals surface area contributed by atoms with Crippen molar-refractivity contribution in [2.75, 3.05) is 0 Å². The minimum atomic E-state index is -0.0792. The van der Waals surface area contributed by atoms with Gasteiger partial charge in [0.1, 0.15) is 0 Å². The van der Waals surface area contributed by atoms with E-state index in [1.165, 1.54) is 44.2 Å². The lowest BCUT2D eigenvalue weighted by Gasteiger charge is -2.22. The van der Waals surface area contributed by atoms with Gasteiger partial charge < -0.3 is 0 Å². The molecule has 0 saturated carbocycles. The molecule has 0 bridgehead atoms. The SMILES string of the molecule is CC1(C)c2cc3ccccc3cc2-c2c(-c3cccc(-c4cc(-c5ccccc5)nc(-c5ccccc5)n4)c3)cccc21. The van der Waals surface area contributed by atoms with Gasteiger partial charge in [-0.15, -0.1) is 0 Å². The van der Waals surface area contributed by atoms with E-state index in [9.17, 15) is 0 Å². The zero-order chi connectivity index (χ0) is 29.0. The number of aromatic nitrogens is 2. The molecule has 0 atom stereocenters. The first-order valence-corrected chi connectivity index (χ1v) is 14.8. The maximum atomic E-state index is 5.09. The lowest BCUT2D eigenvalue weighted by molar-refractivity contribution is 0.661. The van der Waals surface area contributed by atoms with Crippen LogP contribution in [0.2, 0.25) is 0 Å². The van der Waals surface area contributed by atoms with Crippen LogP contribution >= 0.6 is 0 Å². The first-order chi connectivity index (χ1) is 21.1. The second-order valence-electron chi connectivity index (χ2n) is 11.9. The molecule has 1 aromatic heterocycles. The summed E-state index contributed by atoms with van der Waals surface area (Å²) in [7, 11) is 0. The standard InChI is InChI=1S/C41H30N2/c1-41(2)35-22-12-21-33(39(35)34-24-29-17-9-10-18-30(29)25-36(34)41)31-19-11-20-32(23-31)38-26-37(27-13-5-3-6-14-27)42-40(43-38)28-15-7-4-8-16-28/h3-26H,1-2H3. The van der Waals surface area contributed by atoms with Gasteiger partial charge in [-0.25, -0.2) is 9.97 Å². The van der Waals surface area contributed by atoms with Gasteiger partial charge in [0.05, 0.1) is 11.4 Å². The van der Waals surface area contributed by atoms with E-state index in [4.69, 9.17) is 9.97 Å². The zero-order valence-electron chi connectivity index (χ0n) is 24.3. The molecule has 0 fully saturated rings. The summed E-state index contributed by atoms with van der Waals surface area (Å²) in [6, 6.07) is 51.7. The largest absolute Gasteiger partial charge is 0.228 e. The molecule has 0 N–H and O–H groups in total. The van der Waals surface area contributed by atoms with Crippen LogP contribution in [-0.2, 0) is 5.41 Å². The van der Waals surface area contributed by atoms with Crippen molar-refractivity contribution in [3.8, 4) is 56.2 Å². The van der Waals surface area contributed by atoms with Crippen LogP contribution in [0.3, 0.4) is 0 Å². The van der Waals surface area contributed by atoms with Crippen molar-refractivity contribution in [2.24, 2.45) is 0 Å². The maximum absolute atomic E-state index is 5.09. The van der Waals surface area contributed by atoms with Gasteiger partial charge >= 0.3 is 0 Å². The molecule has 2 nitrogen and oxygen atoms in total. The van der Waals surface area contributed by atoms with E-state index in [0.29, 0.717) is 0 Å². The highest BCUT2D eigenvalue weighted by molar-refractivity contribution is 5.98. The average Bonchev–Trinajstić information content (AvgIpc) is 3.30. The van der Waals surface area contributed by atoms with Crippen LogP contribution in [0, 0.1) is 0 Å². The Kier molecular flexibility index (Phi) is 5.84. The molecule has 204 valence electrons. The molecule has 0 unspecified atom stereocenters. The molecule has 1 heterocycles. The van der Waals surface area contributed by atoms with E-state index >= 15 is 0 Å². The summed E-state index contributed by atoms with van der Waals surface area (Å²) < 4.78 is 0. The van der Waals surface area contributed by atoms with E-state index in [1.54, 1.807) is 0 Å². The average molecular weight is 551 g/mol. The molecule has 2 heteroatoms. The van der Waals surface area contributed by atoms with Gasteiger partial charge in [-0.2, -0.15) is 0 Å². The molecule has 7 aromatic rings. The Hall–Kier alpha value is -5.34. The van der Waals surface area contributed by atoms with E-state index in [-0.39, 0.29) is 5.41 Å². The molecular formula is C41H30N2. The molecule has 0 radical (unpaired) electrons. The van der Waals surface area contributed by atoms with Crippen molar-refractivity contribution in [3.63, 3.8) is 0 Å². The van der Waals surface area contributed by atoms with Crippen LogP contribution in [0.1, 0.15) is 25.0 Å². The van der Waals surface area contributed by atoms with Crippen LogP contribution in [0.15, 0.2) is 146 Å². The second-order valence-corrected chi connectivity index (χ2v) is 11.9. The Bertz CT molecular complexity index is 2090. The van der Waals surface area contributed by atoms with Crippen molar-refractivity contribution in [1.82, 2.24) is 9.97 Å². The van der Waals surface area contributed by atoms with E-state index in [0.717, 1.165) is 33.9 Å². The molecule has 0 saturated heterocycles. The van der Waals surface area contributed by atoms with Crippen LogP contribution in [-0.4, -0.2) is 9.97 Å². The Balaban J connectivity index is 1.30. The van der Waals surface area contributed by atoms with E-state index < -0.39 is 0 Å². The summed E-state index contributed by atoms with van der Waals surface area (Å²) in [6.07, 6.45) is 0. The molecule has 1 aliphatic rings. The Morgan fingerprint density at radius 3 is 1.74 bits per heavy atom. The smallest absolute Gasteiger partial charge is 0.160 e. The molecular weight excluding hydrogens is 520 g/mol. The summed E-state index contributed by atoms with van der Waals surface area (Å²) in [5, 5.41) is 2.56. The van der Waals surface area contributed by atoms with Gasteiger partial charge in [0.2, 0.25) is 0 Å². The van der Waals surface area contributed by atoms with Gasteiger partial charge in [-0.3, -0.25) is 0 Å². The predicted molar refractivity (Wildman–Crippen MR) is 179 cm³/mol. The summed E-state index contributed by atoms with van der Waals surface area (Å²) in [4.78, 5) is 10.1. The minimum Gasteiger partial charge on any atom is -0.228 e. The van der Waals surface area contributed by atoms with Gasteiger partial charge in [0, 0.05) is 22.1 Å². The highest BCUT2D eigenvalue weighted by Crippen LogP contribution is 2.53. The molecule has 6 aromatic carbocycles. The van der Waals surface area contributed by atoms with Gasteiger partial charge in [0.25, 0.3) is 0 Å². The first-order valence-electron chi connectivity index (χ1n) is 14.8. The van der Waals surface area contributed by atoms with Gasteiger partial charge in [-0.05, 0) is 68.4 Å². The summed E-state index contributed by atoms with van der Waals surface area (Å²) in [5.41, 5.74) is 12.8. The lowest BCUT2D eigenvalue weighted by atomic mass is 9.81. The number of benzene rings is 6. The van der Waals surface area contributed by atoms with Crippen molar-refractivity contribution >= 4 is 10.8 Å². The third kappa shape index (κ3) is 4.26. The fourth-order valence-electron chi connectivity index (χ4n) is 6.63. The number of hydrogen-bond acceptors (Lipinski definition) is 2. The van der Waals surface area contributed by atoms with Gasteiger partial charge in [-0.1, -0.05) is 135 Å². The topological polar surface area (TPSA) is 25.8 Å². The van der Waals surface area contributed by atoms with Crippen molar-refractivity contribution in [3.05, 3.63) is 157 Å². The number of nitrogens with zero attached hydrogens (tertiary/aromatic N) is 2. The maximum Gasteiger partial charge on any atom is 0.160 e. The Morgan fingerprint density at radius 1 is 0.419 bits per heavy atom. The molecule has 8 rings (SSSR count). The number of hydrogen-bond donors (Lipinski definition) is 0. The van der Waals surface area contributed by atoms with Gasteiger partial charge in [0.15, 0.2) is 5.82 Å². The molecule has 43 heavy (non-hydrogen) atoms. The van der Waals surface area contributed by atoms with E-state index in [2.05, 4.69) is 135 Å². The van der Waals surface area contributed by atoms with Crippen LogP contribution in [0.5, 0.6) is 0 Å². The number of fused-ring (bicyclic) bond motifs is 4. The molecule has 0 spiro atoms. The monoisotopic (exact) mass is 550 g/mol. The third-order valence-electron chi connectivity index (χ3n) is 8.86. The Labute approximate surface area is 252 Å². The van der Waals surface area contributed by atoms with E-state index in [1.807, 2.05) is 24.3 Å². The fraction of sp³-hybridized carbons (Fsp3) is 0.0732. The van der Waals surface area contributed by atoms with Crippen LogP contribution < -0.4 is 0 Å². The third-order valence-corrected chi connectivity index (χ3v) is 8.86. The van der Waals surface area contributed by atoms with Crippen LogP contribution in [0.4, 0.5) is 0 Å². The van der Waals surface area contributed by atoms with Crippen molar-refractivity contribution in [1.29, 1.82) is 0 Å². The Morgan fingerprint density at radius 2 is 1.00 bits per heavy atom. The lowest BCUT2D eigenvalue weighted by Crippen LogP contribution is -2.14. The van der Waals surface area contributed by atoms with Crippen molar-refractivity contribution in [2.45, 2.75) is 19.3 Å². The summed E-state index contributed by atoms with van der Waals surface area (Å²) in [5.74, 6) is 0.727. The predicted octanol–water partition coefficient (Wildman–Crippen LogP) is 10.6. The van der Waals surface area contributed by atoms with Crippen molar-refractivity contribution < 1.29 is 0 Å². The quantitative estimate of drug-likeness (QED) is 0.218.